The van der Waals surface area contributed by atoms with Gasteiger partial charge < -0.3 is 24.6 Å². The number of unbranched alkanes of at least 4 members (excludes halogenated alkanes) is 30. The van der Waals surface area contributed by atoms with Gasteiger partial charge in [-0.05, 0) is 38.5 Å². The summed E-state index contributed by atoms with van der Waals surface area (Å²) in [5.41, 5.74) is 0. The molecule has 11 heteroatoms. The van der Waals surface area contributed by atoms with Gasteiger partial charge >= 0.3 is 19.8 Å². The van der Waals surface area contributed by atoms with Crippen molar-refractivity contribution in [3.8, 4) is 0 Å². The number of ether oxygens (including phenoxy) is 2. The Bertz CT molecular complexity index is 977. The average molecular weight is 847 g/mol. The number of allylic oxidation sites excluding steroid dienone is 2. The molecule has 0 rings (SSSR count). The van der Waals surface area contributed by atoms with Crippen LogP contribution in [0.3, 0.4) is 0 Å². The Hall–Kier alpha value is -1.29. The molecule has 3 N–H and O–H groups in total. The Kier molecular flexibility index (Phi) is 42.8. The first-order valence-corrected chi connectivity index (χ1v) is 25.6. The Balaban J connectivity index is 4.20. The molecule has 0 spiro atoms. The van der Waals surface area contributed by atoms with Gasteiger partial charge in [-0.2, -0.15) is 0 Å². The summed E-state index contributed by atoms with van der Waals surface area (Å²) < 4.78 is 32.8. The molecule has 0 fully saturated rings. The van der Waals surface area contributed by atoms with E-state index in [0.29, 0.717) is 12.8 Å². The number of rotatable bonds is 46. The number of carbonyl (C=O) groups is 2. The molecule has 0 amide bonds. The van der Waals surface area contributed by atoms with Crippen molar-refractivity contribution < 1.29 is 47.8 Å². The van der Waals surface area contributed by atoms with Crippen molar-refractivity contribution in [3.05, 3.63) is 12.2 Å². The Morgan fingerprint density at radius 1 is 0.500 bits per heavy atom. The molecule has 344 valence electrons. The van der Waals surface area contributed by atoms with E-state index in [1.165, 1.54) is 154 Å². The molecule has 0 saturated carbocycles. The average Bonchev–Trinajstić information content (AvgIpc) is 3.21. The summed E-state index contributed by atoms with van der Waals surface area (Å²) in [7, 11) is -4.62. The molecule has 1 unspecified atom stereocenters. The van der Waals surface area contributed by atoms with Gasteiger partial charge in [0.25, 0.3) is 0 Å². The maximum Gasteiger partial charge on any atom is 0.472 e. The quantitative estimate of drug-likeness (QED) is 0.0234. The molecular formula is C47H91O10P. The van der Waals surface area contributed by atoms with E-state index in [2.05, 4.69) is 26.0 Å². The van der Waals surface area contributed by atoms with E-state index in [1.54, 1.807) is 0 Å². The minimum atomic E-state index is -4.62. The van der Waals surface area contributed by atoms with Crippen molar-refractivity contribution in [2.45, 2.75) is 251 Å². The van der Waals surface area contributed by atoms with E-state index in [-0.39, 0.29) is 19.4 Å². The standard InChI is InChI=1S/C47H91O10P/c1-3-5-7-9-11-13-15-17-19-21-23-25-27-29-31-33-35-37-39-47(51)57-45(43-56-58(52,53)55-41-44(49)40-48)42-54-46(50)38-36-34-32-30-28-26-24-22-20-18-16-14-12-10-8-6-4-2/h18,20,44-45,48-49H,3-17,19,21-43H2,1-2H3,(H,52,53)/b20-18+/t44-,45+/m0/s1. The van der Waals surface area contributed by atoms with Crippen molar-refractivity contribution in [2.24, 2.45) is 0 Å². The number of hydrogen-bond donors (Lipinski definition) is 3. The highest BCUT2D eigenvalue weighted by Crippen LogP contribution is 2.43. The van der Waals surface area contributed by atoms with Crippen LogP contribution in [0.1, 0.15) is 239 Å². The number of aliphatic hydroxyl groups excluding tert-OH is 2. The number of phosphoric ester groups is 1. The maximum absolute atomic E-state index is 12.6. The zero-order valence-electron chi connectivity index (χ0n) is 37.5. The van der Waals surface area contributed by atoms with Gasteiger partial charge in [0.2, 0.25) is 0 Å². The number of esters is 2. The van der Waals surface area contributed by atoms with Crippen molar-refractivity contribution in [1.82, 2.24) is 0 Å². The minimum absolute atomic E-state index is 0.190. The van der Waals surface area contributed by atoms with Crippen LogP contribution in [0.15, 0.2) is 12.2 Å². The summed E-state index contributed by atoms with van der Waals surface area (Å²) in [5, 5.41) is 18.4. The second kappa shape index (κ2) is 43.8. The first-order valence-electron chi connectivity index (χ1n) is 24.1. The van der Waals surface area contributed by atoms with E-state index < -0.39 is 51.8 Å². The van der Waals surface area contributed by atoms with Gasteiger partial charge in [0.15, 0.2) is 6.10 Å². The van der Waals surface area contributed by atoms with Crippen LogP contribution in [0.4, 0.5) is 0 Å². The van der Waals surface area contributed by atoms with Gasteiger partial charge in [-0.1, -0.05) is 199 Å². The molecule has 0 aromatic heterocycles. The van der Waals surface area contributed by atoms with Gasteiger partial charge in [0.1, 0.15) is 12.7 Å². The van der Waals surface area contributed by atoms with Gasteiger partial charge in [0.05, 0.1) is 19.8 Å². The molecule has 0 aromatic rings. The summed E-state index contributed by atoms with van der Waals surface area (Å²) in [5.74, 6) is -0.915. The first-order chi connectivity index (χ1) is 28.2. The van der Waals surface area contributed by atoms with Crippen LogP contribution < -0.4 is 0 Å². The van der Waals surface area contributed by atoms with Gasteiger partial charge in [-0.25, -0.2) is 4.57 Å². The van der Waals surface area contributed by atoms with Gasteiger partial charge in [-0.3, -0.25) is 18.6 Å². The Morgan fingerprint density at radius 3 is 1.24 bits per heavy atom. The highest BCUT2D eigenvalue weighted by molar-refractivity contribution is 7.47. The molecule has 58 heavy (non-hydrogen) atoms. The fourth-order valence-electron chi connectivity index (χ4n) is 6.93. The highest BCUT2D eigenvalue weighted by Gasteiger charge is 2.27. The van der Waals surface area contributed by atoms with Crippen LogP contribution in [-0.2, 0) is 32.7 Å². The van der Waals surface area contributed by atoms with Crippen LogP contribution in [0, 0.1) is 0 Å². The van der Waals surface area contributed by atoms with Crippen molar-refractivity contribution in [3.63, 3.8) is 0 Å². The van der Waals surface area contributed by atoms with Crippen molar-refractivity contribution >= 4 is 19.8 Å². The van der Waals surface area contributed by atoms with Crippen LogP contribution in [0.5, 0.6) is 0 Å². The number of aliphatic hydroxyl groups is 2. The lowest BCUT2D eigenvalue weighted by Gasteiger charge is -2.20. The second-order valence-corrected chi connectivity index (χ2v) is 17.9. The highest BCUT2D eigenvalue weighted by atomic mass is 31.2. The number of hydrogen-bond acceptors (Lipinski definition) is 9. The largest absolute Gasteiger partial charge is 0.472 e. The van der Waals surface area contributed by atoms with Crippen LogP contribution in [-0.4, -0.2) is 65.7 Å². The monoisotopic (exact) mass is 847 g/mol. The number of carbonyl (C=O) groups excluding carboxylic acids is 2. The van der Waals surface area contributed by atoms with Crippen molar-refractivity contribution in [2.75, 3.05) is 26.4 Å². The van der Waals surface area contributed by atoms with E-state index in [0.717, 1.165) is 44.9 Å². The molecule has 0 aliphatic heterocycles. The Morgan fingerprint density at radius 2 is 0.845 bits per heavy atom. The predicted molar refractivity (Wildman–Crippen MR) is 238 cm³/mol. The molecule has 0 aromatic carbocycles. The fourth-order valence-corrected chi connectivity index (χ4v) is 7.72. The van der Waals surface area contributed by atoms with E-state index in [4.69, 9.17) is 23.6 Å². The van der Waals surface area contributed by atoms with Crippen molar-refractivity contribution in [1.29, 1.82) is 0 Å². The lowest BCUT2D eigenvalue weighted by molar-refractivity contribution is -0.161. The van der Waals surface area contributed by atoms with Gasteiger partial charge in [-0.15, -0.1) is 0 Å². The third-order valence-corrected chi connectivity index (χ3v) is 11.6. The molecule has 10 nitrogen and oxygen atoms in total. The summed E-state index contributed by atoms with van der Waals surface area (Å²) in [6, 6.07) is 0. The van der Waals surface area contributed by atoms with Gasteiger partial charge in [0, 0.05) is 12.8 Å². The van der Waals surface area contributed by atoms with Crippen LogP contribution in [0.25, 0.3) is 0 Å². The molecule has 3 atom stereocenters. The number of phosphoric acid groups is 1. The lowest BCUT2D eigenvalue weighted by atomic mass is 10.0. The van der Waals surface area contributed by atoms with Crippen LogP contribution in [0.2, 0.25) is 0 Å². The SMILES string of the molecule is CCCCCCCC/C=C/CCCCCCCCCC(=O)OC[C@H](COP(=O)(O)OC[C@@H](O)CO)OC(=O)CCCCCCCCCCCCCCCCCCCC. The fraction of sp³-hybridized carbons (Fsp3) is 0.915. The molecule has 0 heterocycles. The molecule has 0 saturated heterocycles. The predicted octanol–water partition coefficient (Wildman–Crippen LogP) is 13.2. The first kappa shape index (κ1) is 56.7. The third-order valence-electron chi connectivity index (χ3n) is 10.7. The molecule has 0 aliphatic carbocycles. The second-order valence-electron chi connectivity index (χ2n) is 16.5. The normalized spacial score (nSPS) is 13.8. The summed E-state index contributed by atoms with van der Waals surface area (Å²) >= 11 is 0. The zero-order chi connectivity index (χ0) is 42.6. The van der Waals surface area contributed by atoms with Crippen LogP contribution >= 0.6 is 7.82 Å². The third kappa shape index (κ3) is 42.8. The molecule has 0 radical (unpaired) electrons. The Labute approximate surface area is 356 Å². The molecule has 0 bridgehead atoms. The molecule has 0 aliphatic rings. The summed E-state index contributed by atoms with van der Waals surface area (Å²) in [6.07, 6.45) is 43.1. The summed E-state index contributed by atoms with van der Waals surface area (Å²) in [6.45, 7) is 2.42. The van der Waals surface area contributed by atoms with E-state index >= 15 is 0 Å². The smallest absolute Gasteiger partial charge is 0.462 e. The zero-order valence-corrected chi connectivity index (χ0v) is 38.4. The van der Waals surface area contributed by atoms with E-state index in [9.17, 15) is 24.2 Å². The molecular weight excluding hydrogens is 755 g/mol. The summed E-state index contributed by atoms with van der Waals surface area (Å²) in [4.78, 5) is 35.1. The minimum Gasteiger partial charge on any atom is -0.462 e. The van der Waals surface area contributed by atoms with E-state index in [1.807, 2.05) is 0 Å². The maximum atomic E-state index is 12.6. The lowest BCUT2D eigenvalue weighted by Crippen LogP contribution is -2.29. The topological polar surface area (TPSA) is 149 Å².